The molecule has 7 nitrogen and oxygen atoms in total. The van der Waals surface area contributed by atoms with Crippen LogP contribution < -0.4 is 14.8 Å². The first-order valence-corrected chi connectivity index (χ1v) is 11.9. The number of carbonyl (C=O) groups excluding carboxylic acids is 1. The van der Waals surface area contributed by atoms with E-state index in [0.29, 0.717) is 33.2 Å². The van der Waals surface area contributed by atoms with Gasteiger partial charge in [-0.05, 0) is 49.4 Å². The number of para-hydroxylation sites is 1. The van der Waals surface area contributed by atoms with Crippen LogP contribution >= 0.6 is 23.4 Å². The maximum Gasteiger partial charge on any atom is 0.234 e. The van der Waals surface area contributed by atoms with Crippen molar-refractivity contribution in [1.82, 2.24) is 14.8 Å². The summed E-state index contributed by atoms with van der Waals surface area (Å²) in [5.41, 5.74) is 1.52. The van der Waals surface area contributed by atoms with E-state index < -0.39 is 6.10 Å². The van der Waals surface area contributed by atoms with E-state index in [4.69, 9.17) is 21.1 Å². The van der Waals surface area contributed by atoms with Gasteiger partial charge in [0.05, 0.1) is 12.9 Å². The van der Waals surface area contributed by atoms with Crippen LogP contribution in [0, 0.1) is 0 Å². The Hall–Kier alpha value is -3.49. The lowest BCUT2D eigenvalue weighted by atomic mass is 10.3. The molecule has 0 radical (unpaired) electrons. The molecule has 174 valence electrons. The van der Waals surface area contributed by atoms with Crippen LogP contribution in [0.5, 0.6) is 11.5 Å². The van der Waals surface area contributed by atoms with Crippen molar-refractivity contribution in [2.75, 3.05) is 18.2 Å². The number of carbonyl (C=O) groups is 1. The molecular formula is C25H23ClN4O3S. The van der Waals surface area contributed by atoms with E-state index >= 15 is 0 Å². The van der Waals surface area contributed by atoms with Gasteiger partial charge in [0.25, 0.3) is 0 Å². The van der Waals surface area contributed by atoms with Gasteiger partial charge in [0.1, 0.15) is 11.5 Å². The number of nitrogens with one attached hydrogen (secondary N) is 1. The van der Waals surface area contributed by atoms with Crippen molar-refractivity contribution < 1.29 is 14.3 Å². The third-order valence-corrected chi connectivity index (χ3v) is 6.00. The normalized spacial score (nSPS) is 11.6. The van der Waals surface area contributed by atoms with Crippen molar-refractivity contribution in [2.45, 2.75) is 18.2 Å². The molecule has 1 unspecified atom stereocenters. The van der Waals surface area contributed by atoms with Gasteiger partial charge < -0.3 is 14.8 Å². The van der Waals surface area contributed by atoms with E-state index in [1.807, 2.05) is 66.1 Å². The number of amides is 1. The average Bonchev–Trinajstić information content (AvgIpc) is 3.27. The SMILES string of the molecule is COc1cccc(OC(C)c2nnc(SCC(=O)Nc3cccc(Cl)c3)n2-c2ccccc2)c1. The number of hydrogen-bond acceptors (Lipinski definition) is 6. The summed E-state index contributed by atoms with van der Waals surface area (Å²) in [5, 5.41) is 12.7. The number of nitrogens with zero attached hydrogens (tertiary/aromatic N) is 3. The molecule has 3 aromatic carbocycles. The van der Waals surface area contributed by atoms with Crippen molar-refractivity contribution in [2.24, 2.45) is 0 Å². The zero-order valence-corrected chi connectivity index (χ0v) is 20.2. The zero-order chi connectivity index (χ0) is 23.9. The molecule has 1 aromatic heterocycles. The molecule has 1 amide bonds. The van der Waals surface area contributed by atoms with E-state index in [1.54, 1.807) is 31.4 Å². The molecule has 0 aliphatic carbocycles. The van der Waals surface area contributed by atoms with Gasteiger partial charge >= 0.3 is 0 Å². The maximum absolute atomic E-state index is 12.5. The van der Waals surface area contributed by atoms with Gasteiger partial charge in [-0.2, -0.15) is 0 Å². The van der Waals surface area contributed by atoms with Crippen LogP contribution in [0.25, 0.3) is 5.69 Å². The first-order chi connectivity index (χ1) is 16.5. The number of hydrogen-bond donors (Lipinski definition) is 1. The van der Waals surface area contributed by atoms with Gasteiger partial charge in [-0.3, -0.25) is 9.36 Å². The molecule has 0 spiro atoms. The average molecular weight is 495 g/mol. The Bertz CT molecular complexity index is 1270. The molecule has 1 atom stereocenters. The smallest absolute Gasteiger partial charge is 0.234 e. The number of benzene rings is 3. The molecule has 4 rings (SSSR count). The van der Waals surface area contributed by atoms with E-state index in [0.717, 1.165) is 5.69 Å². The first-order valence-electron chi connectivity index (χ1n) is 10.5. The summed E-state index contributed by atoms with van der Waals surface area (Å²) in [6.07, 6.45) is -0.408. The highest BCUT2D eigenvalue weighted by atomic mass is 35.5. The van der Waals surface area contributed by atoms with Crippen molar-refractivity contribution >= 4 is 35.0 Å². The van der Waals surface area contributed by atoms with Crippen molar-refractivity contribution in [3.63, 3.8) is 0 Å². The van der Waals surface area contributed by atoms with Crippen LogP contribution in [-0.4, -0.2) is 33.5 Å². The minimum atomic E-state index is -0.408. The Morgan fingerprint density at radius 3 is 2.56 bits per heavy atom. The molecule has 9 heteroatoms. The highest BCUT2D eigenvalue weighted by molar-refractivity contribution is 7.99. The lowest BCUT2D eigenvalue weighted by molar-refractivity contribution is -0.113. The quantitative estimate of drug-likeness (QED) is 0.296. The second-order valence-electron chi connectivity index (χ2n) is 7.30. The highest BCUT2D eigenvalue weighted by Crippen LogP contribution is 2.29. The number of thioether (sulfide) groups is 1. The molecule has 4 aromatic rings. The molecule has 1 heterocycles. The summed E-state index contributed by atoms with van der Waals surface area (Å²) in [4.78, 5) is 12.5. The third kappa shape index (κ3) is 5.89. The zero-order valence-electron chi connectivity index (χ0n) is 18.6. The number of aromatic nitrogens is 3. The number of halogens is 1. The van der Waals surface area contributed by atoms with Crippen molar-refractivity contribution in [1.29, 1.82) is 0 Å². The lowest BCUT2D eigenvalue weighted by Crippen LogP contribution is -2.15. The summed E-state index contributed by atoms with van der Waals surface area (Å²) in [6, 6.07) is 24.2. The van der Waals surface area contributed by atoms with Crippen LogP contribution in [0.3, 0.4) is 0 Å². The number of rotatable bonds is 9. The van der Waals surface area contributed by atoms with E-state index in [2.05, 4.69) is 15.5 Å². The summed E-state index contributed by atoms with van der Waals surface area (Å²) in [6.45, 7) is 1.91. The van der Waals surface area contributed by atoms with Crippen LogP contribution in [0.15, 0.2) is 84.0 Å². The van der Waals surface area contributed by atoms with Crippen LogP contribution in [-0.2, 0) is 4.79 Å². The fourth-order valence-corrected chi connectivity index (χ4v) is 4.23. The summed E-state index contributed by atoms with van der Waals surface area (Å²) in [5.74, 6) is 1.97. The summed E-state index contributed by atoms with van der Waals surface area (Å²) < 4.78 is 13.3. The Kier molecular flexibility index (Phi) is 7.72. The predicted molar refractivity (Wildman–Crippen MR) is 134 cm³/mol. The monoisotopic (exact) mass is 494 g/mol. The van der Waals surface area contributed by atoms with Gasteiger partial charge in [-0.25, -0.2) is 0 Å². The summed E-state index contributed by atoms with van der Waals surface area (Å²) >= 11 is 7.29. The molecule has 0 fully saturated rings. The number of anilines is 1. The standard InChI is InChI=1S/C25H23ClN4O3S/c1-17(33-22-13-7-12-21(15-22)32-2)24-28-29-25(30(24)20-10-4-3-5-11-20)34-16-23(31)27-19-9-6-8-18(26)14-19/h3-15,17H,16H2,1-2H3,(H,27,31). The van der Waals surface area contributed by atoms with Crippen LogP contribution in [0.4, 0.5) is 5.69 Å². The second kappa shape index (κ2) is 11.1. The number of ether oxygens (including phenoxy) is 2. The molecule has 34 heavy (non-hydrogen) atoms. The molecule has 1 N–H and O–H groups in total. The Labute approximate surface area is 207 Å². The minimum absolute atomic E-state index is 0.155. The van der Waals surface area contributed by atoms with E-state index in [1.165, 1.54) is 11.8 Å². The van der Waals surface area contributed by atoms with Gasteiger partial charge in [-0.1, -0.05) is 53.7 Å². The molecule has 0 saturated carbocycles. The van der Waals surface area contributed by atoms with Crippen molar-refractivity contribution in [3.05, 3.63) is 89.7 Å². The molecule has 0 aliphatic rings. The number of methoxy groups -OCH3 is 1. The largest absolute Gasteiger partial charge is 0.497 e. The van der Waals surface area contributed by atoms with Gasteiger partial charge in [0.15, 0.2) is 17.1 Å². The molecule has 0 bridgehead atoms. The lowest BCUT2D eigenvalue weighted by Gasteiger charge is -2.17. The van der Waals surface area contributed by atoms with Crippen LogP contribution in [0.2, 0.25) is 5.02 Å². The van der Waals surface area contributed by atoms with Gasteiger partial charge in [0, 0.05) is 22.5 Å². The van der Waals surface area contributed by atoms with Gasteiger partial charge in [0.2, 0.25) is 5.91 Å². The molecule has 0 saturated heterocycles. The Balaban J connectivity index is 1.54. The summed E-state index contributed by atoms with van der Waals surface area (Å²) in [7, 11) is 1.61. The predicted octanol–water partition coefficient (Wildman–Crippen LogP) is 5.80. The highest BCUT2D eigenvalue weighted by Gasteiger charge is 2.22. The second-order valence-corrected chi connectivity index (χ2v) is 8.68. The minimum Gasteiger partial charge on any atom is -0.497 e. The Morgan fingerprint density at radius 2 is 1.79 bits per heavy atom. The molecule has 0 aliphatic heterocycles. The Morgan fingerprint density at radius 1 is 1.03 bits per heavy atom. The van der Waals surface area contributed by atoms with Crippen molar-refractivity contribution in [3.8, 4) is 17.2 Å². The fraction of sp³-hybridized carbons (Fsp3) is 0.160. The first kappa shape index (κ1) is 23.7. The molecular weight excluding hydrogens is 472 g/mol. The third-order valence-electron chi connectivity index (χ3n) is 4.83. The van der Waals surface area contributed by atoms with Gasteiger partial charge in [-0.15, -0.1) is 10.2 Å². The fourth-order valence-electron chi connectivity index (χ4n) is 3.28. The van der Waals surface area contributed by atoms with Crippen LogP contribution in [0.1, 0.15) is 18.9 Å². The van der Waals surface area contributed by atoms with E-state index in [9.17, 15) is 4.79 Å². The maximum atomic E-state index is 12.5. The topological polar surface area (TPSA) is 78.3 Å². The van der Waals surface area contributed by atoms with E-state index in [-0.39, 0.29) is 11.7 Å².